The number of ether oxygens (including phenoxy) is 1. The molecule has 1 fully saturated rings. The number of rotatable bonds is 25. The van der Waals surface area contributed by atoms with Crippen molar-refractivity contribution in [3.8, 4) is 0 Å². The van der Waals surface area contributed by atoms with Gasteiger partial charge in [-0.25, -0.2) is 0 Å². The van der Waals surface area contributed by atoms with Crippen LogP contribution in [0.2, 0.25) is 0 Å². The lowest BCUT2D eigenvalue weighted by Crippen LogP contribution is -2.39. The Hall–Kier alpha value is -0.0800. The quantitative estimate of drug-likeness (QED) is 0.117. The van der Waals surface area contributed by atoms with Crippen LogP contribution < -0.4 is 0 Å². The first-order chi connectivity index (χ1) is 17.2. The molecule has 0 aromatic heterocycles. The van der Waals surface area contributed by atoms with Crippen molar-refractivity contribution in [3.63, 3.8) is 0 Å². The monoisotopic (exact) mass is 494 g/mol. The van der Waals surface area contributed by atoms with Crippen LogP contribution >= 0.6 is 0 Å². The van der Waals surface area contributed by atoms with Crippen LogP contribution in [-0.2, 0) is 4.74 Å². The second kappa shape index (κ2) is 24.3. The third-order valence-electron chi connectivity index (χ3n) is 8.52. The van der Waals surface area contributed by atoms with Gasteiger partial charge in [0.1, 0.15) is 0 Å². The maximum absolute atomic E-state index is 6.37. The Morgan fingerprint density at radius 2 is 1.00 bits per heavy atom. The molecule has 1 saturated heterocycles. The summed E-state index contributed by atoms with van der Waals surface area (Å²) in [6, 6.07) is 0. The lowest BCUT2D eigenvalue weighted by atomic mass is 9.92. The molecule has 2 heteroatoms. The predicted octanol–water partition coefficient (Wildman–Crippen LogP) is 10.6. The Bertz CT molecular complexity index is 395. The summed E-state index contributed by atoms with van der Waals surface area (Å²) in [4.78, 5) is 2.79. The SMILES string of the molecule is CCCCCCCC(CCCCCCC)CN1CCC(OCCCC(CCCC)CCCC)CC1. The van der Waals surface area contributed by atoms with Gasteiger partial charge in [0.25, 0.3) is 0 Å². The second-order valence-electron chi connectivity index (χ2n) is 11.9. The summed E-state index contributed by atoms with van der Waals surface area (Å²) >= 11 is 0. The van der Waals surface area contributed by atoms with Gasteiger partial charge in [0.2, 0.25) is 0 Å². The molecule has 35 heavy (non-hydrogen) atoms. The van der Waals surface area contributed by atoms with Crippen molar-refractivity contribution in [2.24, 2.45) is 11.8 Å². The normalized spacial score (nSPS) is 15.6. The molecule has 0 spiro atoms. The highest BCUT2D eigenvalue weighted by molar-refractivity contribution is 4.75. The third-order valence-corrected chi connectivity index (χ3v) is 8.52. The molecule has 0 N–H and O–H groups in total. The summed E-state index contributed by atoms with van der Waals surface area (Å²) in [6.45, 7) is 14.2. The van der Waals surface area contributed by atoms with E-state index in [0.717, 1.165) is 18.4 Å². The molecule has 0 bridgehead atoms. The smallest absolute Gasteiger partial charge is 0.0599 e. The molecule has 1 heterocycles. The van der Waals surface area contributed by atoms with E-state index in [1.165, 1.54) is 161 Å². The van der Waals surface area contributed by atoms with Crippen molar-refractivity contribution >= 4 is 0 Å². The van der Waals surface area contributed by atoms with E-state index in [1.54, 1.807) is 0 Å². The molecule has 0 radical (unpaired) electrons. The fourth-order valence-electron chi connectivity index (χ4n) is 6.06. The molecule has 0 atom stereocenters. The van der Waals surface area contributed by atoms with E-state index < -0.39 is 0 Å². The summed E-state index contributed by atoms with van der Waals surface area (Å²) in [5, 5.41) is 0. The molecule has 0 aliphatic carbocycles. The van der Waals surface area contributed by atoms with Crippen LogP contribution in [-0.4, -0.2) is 37.2 Å². The van der Waals surface area contributed by atoms with Crippen LogP contribution in [0.4, 0.5) is 0 Å². The molecule has 0 aromatic rings. The van der Waals surface area contributed by atoms with Crippen LogP contribution in [0.25, 0.3) is 0 Å². The average molecular weight is 494 g/mol. The summed E-state index contributed by atoms with van der Waals surface area (Å²) < 4.78 is 6.37. The number of nitrogens with zero attached hydrogens (tertiary/aromatic N) is 1. The standard InChI is InChI=1S/C33H67NO/c1-5-9-13-15-17-22-32(23-18-16-14-10-6-2)30-34-27-25-33(26-28-34)35-29-19-24-31(20-11-7-3)21-12-8-4/h31-33H,5-30H2,1-4H3. The largest absolute Gasteiger partial charge is 0.378 e. The highest BCUT2D eigenvalue weighted by Crippen LogP contribution is 2.24. The van der Waals surface area contributed by atoms with Crippen LogP contribution in [0.5, 0.6) is 0 Å². The van der Waals surface area contributed by atoms with Crippen molar-refractivity contribution in [2.75, 3.05) is 26.2 Å². The first-order valence-electron chi connectivity index (χ1n) is 16.6. The Labute approximate surface area is 222 Å². The molecule has 1 aliphatic heterocycles. The van der Waals surface area contributed by atoms with Crippen molar-refractivity contribution in [1.82, 2.24) is 4.90 Å². The van der Waals surface area contributed by atoms with Crippen LogP contribution in [0.15, 0.2) is 0 Å². The molecule has 0 saturated carbocycles. The van der Waals surface area contributed by atoms with E-state index in [2.05, 4.69) is 32.6 Å². The van der Waals surface area contributed by atoms with Gasteiger partial charge in [-0.3, -0.25) is 0 Å². The molecule has 0 aromatic carbocycles. The van der Waals surface area contributed by atoms with Crippen LogP contribution in [0, 0.1) is 11.8 Å². The highest BCUT2D eigenvalue weighted by atomic mass is 16.5. The molecule has 2 nitrogen and oxygen atoms in total. The van der Waals surface area contributed by atoms with E-state index >= 15 is 0 Å². The van der Waals surface area contributed by atoms with Crippen molar-refractivity contribution < 1.29 is 4.74 Å². The fraction of sp³-hybridized carbons (Fsp3) is 1.00. The number of hydrogen-bond donors (Lipinski definition) is 0. The van der Waals surface area contributed by atoms with Gasteiger partial charge in [0.15, 0.2) is 0 Å². The lowest BCUT2D eigenvalue weighted by molar-refractivity contribution is 0.00123. The van der Waals surface area contributed by atoms with E-state index in [0.29, 0.717) is 6.10 Å². The molecule has 0 unspecified atom stereocenters. The summed E-state index contributed by atoms with van der Waals surface area (Å²) in [5.41, 5.74) is 0. The average Bonchev–Trinajstić information content (AvgIpc) is 2.88. The van der Waals surface area contributed by atoms with E-state index in [4.69, 9.17) is 4.74 Å². The zero-order chi connectivity index (χ0) is 25.4. The van der Waals surface area contributed by atoms with Crippen LogP contribution in [0.3, 0.4) is 0 Å². The summed E-state index contributed by atoms with van der Waals surface area (Å²) in [5.74, 6) is 1.88. The number of piperidine rings is 1. The van der Waals surface area contributed by atoms with Crippen molar-refractivity contribution in [3.05, 3.63) is 0 Å². The minimum absolute atomic E-state index is 0.525. The van der Waals surface area contributed by atoms with Gasteiger partial charge in [-0.05, 0) is 50.4 Å². The maximum Gasteiger partial charge on any atom is 0.0599 e. The summed E-state index contributed by atoms with van der Waals surface area (Å²) in [7, 11) is 0. The molecular formula is C33H67NO. The van der Waals surface area contributed by atoms with Gasteiger partial charge in [-0.2, -0.15) is 0 Å². The zero-order valence-electron chi connectivity index (χ0n) is 25.0. The number of unbranched alkanes of at least 4 members (excludes halogenated alkanes) is 10. The van der Waals surface area contributed by atoms with Gasteiger partial charge in [0.05, 0.1) is 6.10 Å². The Morgan fingerprint density at radius 1 is 0.543 bits per heavy atom. The topological polar surface area (TPSA) is 12.5 Å². The van der Waals surface area contributed by atoms with Gasteiger partial charge < -0.3 is 9.64 Å². The summed E-state index contributed by atoms with van der Waals surface area (Å²) in [6.07, 6.45) is 31.3. The fourth-order valence-corrected chi connectivity index (χ4v) is 6.06. The van der Waals surface area contributed by atoms with Gasteiger partial charge in [-0.1, -0.05) is 130 Å². The maximum atomic E-state index is 6.37. The third kappa shape index (κ3) is 18.8. The van der Waals surface area contributed by atoms with Gasteiger partial charge in [-0.15, -0.1) is 0 Å². The van der Waals surface area contributed by atoms with Gasteiger partial charge in [0, 0.05) is 26.2 Å². The molecule has 1 aliphatic rings. The Balaban J connectivity index is 2.26. The molecular weight excluding hydrogens is 426 g/mol. The zero-order valence-corrected chi connectivity index (χ0v) is 25.0. The van der Waals surface area contributed by atoms with E-state index in [9.17, 15) is 0 Å². The lowest BCUT2D eigenvalue weighted by Gasteiger charge is -2.34. The van der Waals surface area contributed by atoms with Crippen molar-refractivity contribution in [2.45, 2.75) is 175 Å². The first kappa shape index (κ1) is 32.9. The van der Waals surface area contributed by atoms with Crippen LogP contribution in [0.1, 0.15) is 169 Å². The van der Waals surface area contributed by atoms with E-state index in [1.807, 2.05) is 0 Å². The second-order valence-corrected chi connectivity index (χ2v) is 11.9. The predicted molar refractivity (Wildman–Crippen MR) is 157 cm³/mol. The Morgan fingerprint density at radius 3 is 1.51 bits per heavy atom. The minimum Gasteiger partial charge on any atom is -0.378 e. The molecule has 1 rings (SSSR count). The first-order valence-corrected chi connectivity index (χ1v) is 16.6. The molecule has 0 amide bonds. The molecule has 210 valence electrons. The van der Waals surface area contributed by atoms with E-state index in [-0.39, 0.29) is 0 Å². The number of hydrogen-bond acceptors (Lipinski definition) is 2. The van der Waals surface area contributed by atoms with Crippen molar-refractivity contribution in [1.29, 1.82) is 0 Å². The number of likely N-dealkylation sites (tertiary alicyclic amines) is 1. The van der Waals surface area contributed by atoms with Gasteiger partial charge >= 0.3 is 0 Å². The Kier molecular flexibility index (Phi) is 22.8. The highest BCUT2D eigenvalue weighted by Gasteiger charge is 2.22. The minimum atomic E-state index is 0.525.